The lowest BCUT2D eigenvalue weighted by Gasteiger charge is -2.17. The summed E-state index contributed by atoms with van der Waals surface area (Å²) in [5.41, 5.74) is 10.7. The van der Waals surface area contributed by atoms with Gasteiger partial charge in [0, 0.05) is 33.9 Å². The first kappa shape index (κ1) is 17.9. The van der Waals surface area contributed by atoms with Crippen molar-refractivity contribution in [1.82, 2.24) is 4.98 Å². The van der Waals surface area contributed by atoms with Crippen molar-refractivity contribution in [3.05, 3.63) is 70.2 Å². The van der Waals surface area contributed by atoms with Crippen LogP contribution in [0.25, 0.3) is 10.4 Å². The second-order valence-electron chi connectivity index (χ2n) is 5.74. The number of hydrogen-bond donors (Lipinski definition) is 1. The Hall–Kier alpha value is -1.95. The molecule has 3 nitrogen and oxygen atoms in total. The summed E-state index contributed by atoms with van der Waals surface area (Å²) in [6.07, 6.45) is 0. The molecular weight excluding hydrogens is 348 g/mol. The fourth-order valence-corrected chi connectivity index (χ4v) is 4.73. The number of pyridine rings is 1. The second-order valence-corrected chi connectivity index (χ2v) is 7.65. The Morgan fingerprint density at radius 2 is 1.96 bits per heavy atom. The highest BCUT2D eigenvalue weighted by atomic mass is 32.2. The Bertz CT molecular complexity index is 874. The lowest BCUT2D eigenvalue weighted by molar-refractivity contribution is 0.101. The zero-order chi connectivity index (χ0) is 17.8. The molecule has 0 spiro atoms. The quantitative estimate of drug-likeness (QED) is 0.487. The molecule has 3 rings (SSSR count). The number of ketones is 1. The van der Waals surface area contributed by atoms with E-state index in [1.165, 1.54) is 5.56 Å². The van der Waals surface area contributed by atoms with Crippen LogP contribution in [0.4, 0.5) is 0 Å². The molecule has 25 heavy (non-hydrogen) atoms. The van der Waals surface area contributed by atoms with Crippen molar-refractivity contribution >= 4 is 28.9 Å². The number of aryl methyl sites for hydroxylation is 1. The fourth-order valence-electron chi connectivity index (χ4n) is 2.87. The molecule has 0 aliphatic carbocycles. The van der Waals surface area contributed by atoms with Crippen molar-refractivity contribution in [2.45, 2.75) is 31.2 Å². The number of aromatic nitrogens is 1. The van der Waals surface area contributed by atoms with Gasteiger partial charge in [0.1, 0.15) is 5.03 Å². The molecule has 0 fully saturated rings. The maximum Gasteiger partial charge on any atom is 0.162 e. The summed E-state index contributed by atoms with van der Waals surface area (Å²) in [5.74, 6) is 0.853. The average molecular weight is 369 g/mol. The molecule has 5 heteroatoms. The van der Waals surface area contributed by atoms with Gasteiger partial charge in [0.2, 0.25) is 0 Å². The molecule has 128 valence electrons. The monoisotopic (exact) mass is 368 g/mol. The summed E-state index contributed by atoms with van der Waals surface area (Å²) in [6, 6.07) is 14.3. The minimum absolute atomic E-state index is 0.0303. The number of Topliss-reactive ketones (excluding diaryl/α,β-unsaturated/α-hetero) is 1. The molecule has 0 aliphatic heterocycles. The smallest absolute Gasteiger partial charge is 0.162 e. The summed E-state index contributed by atoms with van der Waals surface area (Å²) < 4.78 is 0. The molecule has 1 aromatic carbocycles. The van der Waals surface area contributed by atoms with Crippen molar-refractivity contribution in [3.63, 3.8) is 0 Å². The number of rotatable bonds is 6. The van der Waals surface area contributed by atoms with Crippen LogP contribution in [0, 0.1) is 6.92 Å². The van der Waals surface area contributed by atoms with Gasteiger partial charge in [-0.15, -0.1) is 23.1 Å². The molecule has 0 amide bonds. The summed E-state index contributed by atoms with van der Waals surface area (Å²) >= 11 is 3.30. The SMILES string of the molecule is CC(=O)c1c(C)nc(SCc2ccccc2)c(CN)c1-c1cccs1. The Labute approximate surface area is 156 Å². The Balaban J connectivity index is 2.09. The van der Waals surface area contributed by atoms with Crippen LogP contribution in [-0.2, 0) is 12.3 Å². The summed E-state index contributed by atoms with van der Waals surface area (Å²) in [5, 5.41) is 2.93. The van der Waals surface area contributed by atoms with Crippen molar-refractivity contribution in [3.8, 4) is 10.4 Å². The molecular formula is C20H20N2OS2. The first-order chi connectivity index (χ1) is 12.1. The largest absolute Gasteiger partial charge is 0.326 e. The predicted molar refractivity (Wildman–Crippen MR) is 106 cm³/mol. The molecule has 0 radical (unpaired) electrons. The third-order valence-electron chi connectivity index (χ3n) is 3.98. The minimum Gasteiger partial charge on any atom is -0.326 e. The summed E-state index contributed by atoms with van der Waals surface area (Å²) in [4.78, 5) is 18.0. The Kier molecular flexibility index (Phi) is 5.68. The molecule has 3 aromatic rings. The molecule has 0 saturated carbocycles. The van der Waals surface area contributed by atoms with Crippen molar-refractivity contribution in [2.24, 2.45) is 5.73 Å². The van der Waals surface area contributed by atoms with E-state index in [9.17, 15) is 4.79 Å². The Morgan fingerprint density at radius 1 is 1.20 bits per heavy atom. The molecule has 0 atom stereocenters. The normalized spacial score (nSPS) is 10.8. The van der Waals surface area contributed by atoms with Crippen LogP contribution in [0.1, 0.15) is 34.1 Å². The highest BCUT2D eigenvalue weighted by Crippen LogP contribution is 2.38. The van der Waals surface area contributed by atoms with Gasteiger partial charge in [0.05, 0.1) is 5.69 Å². The van der Waals surface area contributed by atoms with Crippen LogP contribution >= 0.6 is 23.1 Å². The summed E-state index contributed by atoms with van der Waals surface area (Å²) in [6.45, 7) is 3.86. The van der Waals surface area contributed by atoms with Crippen LogP contribution in [0.15, 0.2) is 52.9 Å². The maximum absolute atomic E-state index is 12.3. The van der Waals surface area contributed by atoms with Gasteiger partial charge >= 0.3 is 0 Å². The highest BCUT2D eigenvalue weighted by Gasteiger charge is 2.21. The predicted octanol–water partition coefficient (Wildman–Crippen LogP) is 5.07. The lowest BCUT2D eigenvalue weighted by atomic mass is 9.97. The molecule has 0 saturated heterocycles. The first-order valence-corrected chi connectivity index (χ1v) is 9.93. The van der Waals surface area contributed by atoms with Crippen LogP contribution in [0.2, 0.25) is 0 Å². The fraction of sp³-hybridized carbons (Fsp3) is 0.200. The van der Waals surface area contributed by atoms with Gasteiger partial charge in [-0.05, 0) is 30.9 Å². The molecule has 2 heterocycles. The number of thiophene rings is 1. The second kappa shape index (κ2) is 7.95. The van der Waals surface area contributed by atoms with Gasteiger partial charge in [-0.2, -0.15) is 0 Å². The number of thioether (sulfide) groups is 1. The van der Waals surface area contributed by atoms with E-state index in [2.05, 4.69) is 12.1 Å². The number of hydrogen-bond acceptors (Lipinski definition) is 5. The van der Waals surface area contributed by atoms with E-state index in [0.717, 1.165) is 32.5 Å². The van der Waals surface area contributed by atoms with Crippen molar-refractivity contribution < 1.29 is 4.79 Å². The Morgan fingerprint density at radius 3 is 2.56 bits per heavy atom. The van der Waals surface area contributed by atoms with E-state index in [0.29, 0.717) is 12.1 Å². The highest BCUT2D eigenvalue weighted by molar-refractivity contribution is 7.98. The minimum atomic E-state index is 0.0303. The number of carbonyl (C=O) groups is 1. The van der Waals surface area contributed by atoms with Gasteiger partial charge < -0.3 is 5.73 Å². The van der Waals surface area contributed by atoms with Gasteiger partial charge in [-0.1, -0.05) is 36.4 Å². The molecule has 2 aromatic heterocycles. The number of carbonyl (C=O) groups excluding carboxylic acids is 1. The van der Waals surface area contributed by atoms with E-state index in [-0.39, 0.29) is 5.78 Å². The van der Waals surface area contributed by atoms with Crippen molar-refractivity contribution in [2.75, 3.05) is 0 Å². The number of nitrogens with zero attached hydrogens (tertiary/aromatic N) is 1. The van der Waals surface area contributed by atoms with Crippen molar-refractivity contribution in [1.29, 1.82) is 0 Å². The average Bonchev–Trinajstić information content (AvgIpc) is 3.14. The molecule has 0 bridgehead atoms. The summed E-state index contributed by atoms with van der Waals surface area (Å²) in [7, 11) is 0. The standard InChI is InChI=1S/C20H20N2OS2/c1-13-18(14(2)23)19(17-9-6-10-24-17)16(11-21)20(22-13)25-12-15-7-4-3-5-8-15/h3-10H,11-12,21H2,1-2H3. The van der Waals surface area contributed by atoms with E-state index < -0.39 is 0 Å². The molecule has 0 aliphatic rings. The zero-order valence-electron chi connectivity index (χ0n) is 14.3. The van der Waals surface area contributed by atoms with Gasteiger partial charge in [-0.3, -0.25) is 4.79 Å². The molecule has 0 unspecified atom stereocenters. The zero-order valence-corrected chi connectivity index (χ0v) is 15.9. The number of nitrogens with two attached hydrogens (primary N) is 1. The van der Waals surface area contributed by atoms with E-state index >= 15 is 0 Å². The van der Waals surface area contributed by atoms with Gasteiger partial charge in [0.15, 0.2) is 5.78 Å². The third-order valence-corrected chi connectivity index (χ3v) is 5.96. The van der Waals surface area contributed by atoms with E-state index in [1.807, 2.05) is 42.6 Å². The van der Waals surface area contributed by atoms with Gasteiger partial charge in [-0.25, -0.2) is 4.98 Å². The molecule has 2 N–H and O–H groups in total. The van der Waals surface area contributed by atoms with E-state index in [1.54, 1.807) is 30.0 Å². The van der Waals surface area contributed by atoms with E-state index in [4.69, 9.17) is 10.7 Å². The number of benzene rings is 1. The maximum atomic E-state index is 12.3. The topological polar surface area (TPSA) is 56.0 Å². The van der Waals surface area contributed by atoms with Crippen LogP contribution in [-0.4, -0.2) is 10.8 Å². The van der Waals surface area contributed by atoms with Gasteiger partial charge in [0.25, 0.3) is 0 Å². The van der Waals surface area contributed by atoms with Crippen LogP contribution in [0.3, 0.4) is 0 Å². The van der Waals surface area contributed by atoms with Crippen LogP contribution in [0.5, 0.6) is 0 Å². The third kappa shape index (κ3) is 3.84. The van der Waals surface area contributed by atoms with Crippen LogP contribution < -0.4 is 5.73 Å². The lowest BCUT2D eigenvalue weighted by Crippen LogP contribution is -2.10. The first-order valence-electron chi connectivity index (χ1n) is 8.07.